The highest BCUT2D eigenvalue weighted by Crippen LogP contribution is 2.17. The van der Waals surface area contributed by atoms with Gasteiger partial charge in [-0.3, -0.25) is 0 Å². The molecule has 0 aliphatic rings. The fourth-order valence-corrected chi connectivity index (χ4v) is 2.76. The van der Waals surface area contributed by atoms with Gasteiger partial charge in [-0.25, -0.2) is 14.8 Å². The molecule has 1 aromatic heterocycles. The van der Waals surface area contributed by atoms with Crippen molar-refractivity contribution in [3.05, 3.63) is 63.9 Å². The molecule has 0 aliphatic carbocycles. The van der Waals surface area contributed by atoms with Crippen LogP contribution >= 0.6 is 15.9 Å². The summed E-state index contributed by atoms with van der Waals surface area (Å²) in [6, 6.07) is 13.1. The third kappa shape index (κ3) is 3.89. The van der Waals surface area contributed by atoms with Gasteiger partial charge in [-0.15, -0.1) is 0 Å². The Morgan fingerprint density at radius 2 is 1.79 bits per heavy atom. The SMILES string of the molecule is Cc1nc2ccc(NC(=O)NCc3cccc(Br)c3)cc2nc1C. The van der Waals surface area contributed by atoms with Crippen LogP contribution in [0.25, 0.3) is 11.0 Å². The summed E-state index contributed by atoms with van der Waals surface area (Å²) in [7, 11) is 0. The van der Waals surface area contributed by atoms with Crippen LogP contribution in [0, 0.1) is 13.8 Å². The van der Waals surface area contributed by atoms with Gasteiger partial charge in [0.1, 0.15) is 0 Å². The molecule has 0 unspecified atom stereocenters. The molecule has 122 valence electrons. The van der Waals surface area contributed by atoms with Crippen molar-refractivity contribution in [1.82, 2.24) is 15.3 Å². The zero-order valence-corrected chi connectivity index (χ0v) is 15.0. The Morgan fingerprint density at radius 1 is 1.04 bits per heavy atom. The summed E-state index contributed by atoms with van der Waals surface area (Å²) in [5.41, 5.74) is 5.09. The second-order valence-electron chi connectivity index (χ2n) is 5.54. The normalized spacial score (nSPS) is 10.6. The molecule has 6 heteroatoms. The highest BCUT2D eigenvalue weighted by molar-refractivity contribution is 9.10. The lowest BCUT2D eigenvalue weighted by molar-refractivity contribution is 0.251. The van der Waals surface area contributed by atoms with Gasteiger partial charge >= 0.3 is 6.03 Å². The molecule has 0 fully saturated rings. The molecule has 0 bridgehead atoms. The molecule has 24 heavy (non-hydrogen) atoms. The average Bonchev–Trinajstić information content (AvgIpc) is 2.54. The number of carbonyl (C=O) groups is 1. The molecule has 0 aliphatic heterocycles. The van der Waals surface area contributed by atoms with E-state index in [9.17, 15) is 4.79 Å². The molecule has 2 amide bonds. The Morgan fingerprint density at radius 3 is 2.54 bits per heavy atom. The number of carbonyl (C=O) groups excluding carboxylic acids is 1. The number of amides is 2. The predicted octanol–water partition coefficient (Wildman–Crippen LogP) is 4.33. The number of benzene rings is 2. The third-order valence-electron chi connectivity index (χ3n) is 3.68. The summed E-state index contributed by atoms with van der Waals surface area (Å²) >= 11 is 3.42. The quantitative estimate of drug-likeness (QED) is 0.705. The summed E-state index contributed by atoms with van der Waals surface area (Å²) in [5, 5.41) is 5.66. The van der Waals surface area contributed by atoms with E-state index in [-0.39, 0.29) is 6.03 Å². The smallest absolute Gasteiger partial charge is 0.319 e. The molecule has 5 nitrogen and oxygen atoms in total. The van der Waals surface area contributed by atoms with Crippen molar-refractivity contribution < 1.29 is 4.79 Å². The minimum absolute atomic E-state index is 0.258. The van der Waals surface area contributed by atoms with Crippen LogP contribution in [0.15, 0.2) is 46.9 Å². The fourth-order valence-electron chi connectivity index (χ4n) is 2.31. The van der Waals surface area contributed by atoms with Crippen LogP contribution in [0.2, 0.25) is 0 Å². The molecule has 0 saturated heterocycles. The molecular formula is C18H17BrN4O. The summed E-state index contributed by atoms with van der Waals surface area (Å²) in [6.07, 6.45) is 0. The topological polar surface area (TPSA) is 66.9 Å². The van der Waals surface area contributed by atoms with Gasteiger partial charge < -0.3 is 10.6 Å². The second kappa shape index (κ2) is 6.97. The zero-order chi connectivity index (χ0) is 17.1. The number of hydrogen-bond donors (Lipinski definition) is 2. The van der Waals surface area contributed by atoms with Gasteiger partial charge in [0, 0.05) is 16.7 Å². The van der Waals surface area contributed by atoms with E-state index in [1.165, 1.54) is 0 Å². The number of fused-ring (bicyclic) bond motifs is 1. The van der Waals surface area contributed by atoms with E-state index in [4.69, 9.17) is 0 Å². The van der Waals surface area contributed by atoms with Crippen molar-refractivity contribution in [3.8, 4) is 0 Å². The molecule has 2 N–H and O–H groups in total. The molecule has 3 aromatic rings. The largest absolute Gasteiger partial charge is 0.334 e. The fraction of sp³-hybridized carbons (Fsp3) is 0.167. The van der Waals surface area contributed by atoms with Crippen LogP contribution in [0.5, 0.6) is 0 Å². The minimum Gasteiger partial charge on any atom is -0.334 e. The number of aryl methyl sites for hydroxylation is 2. The molecule has 0 saturated carbocycles. The van der Waals surface area contributed by atoms with Gasteiger partial charge in [-0.05, 0) is 49.7 Å². The third-order valence-corrected chi connectivity index (χ3v) is 4.17. The molecule has 1 heterocycles. The lowest BCUT2D eigenvalue weighted by atomic mass is 10.2. The van der Waals surface area contributed by atoms with Crippen molar-refractivity contribution in [2.75, 3.05) is 5.32 Å². The Kier molecular flexibility index (Phi) is 4.76. The van der Waals surface area contributed by atoms with Crippen molar-refractivity contribution in [3.63, 3.8) is 0 Å². The van der Waals surface area contributed by atoms with Gasteiger partial charge in [-0.1, -0.05) is 28.1 Å². The van der Waals surface area contributed by atoms with E-state index in [0.29, 0.717) is 12.2 Å². The number of anilines is 1. The first-order valence-electron chi connectivity index (χ1n) is 7.55. The Labute approximate surface area is 148 Å². The number of nitrogens with zero attached hydrogens (tertiary/aromatic N) is 2. The number of urea groups is 1. The van der Waals surface area contributed by atoms with Crippen LogP contribution in [-0.2, 0) is 6.54 Å². The van der Waals surface area contributed by atoms with Gasteiger partial charge in [0.15, 0.2) is 0 Å². The highest BCUT2D eigenvalue weighted by Gasteiger charge is 2.06. The van der Waals surface area contributed by atoms with Crippen molar-refractivity contribution in [1.29, 1.82) is 0 Å². The molecule has 0 atom stereocenters. The number of nitrogens with one attached hydrogen (secondary N) is 2. The number of halogens is 1. The minimum atomic E-state index is -0.258. The van der Waals surface area contributed by atoms with E-state index in [0.717, 1.165) is 32.5 Å². The molecule has 2 aromatic carbocycles. The highest BCUT2D eigenvalue weighted by atomic mass is 79.9. The van der Waals surface area contributed by atoms with E-state index in [1.54, 1.807) is 0 Å². The van der Waals surface area contributed by atoms with E-state index >= 15 is 0 Å². The van der Waals surface area contributed by atoms with Crippen molar-refractivity contribution in [2.45, 2.75) is 20.4 Å². The Hall–Kier alpha value is -2.47. The average molecular weight is 385 g/mol. The molecule has 3 rings (SSSR count). The first-order chi connectivity index (χ1) is 11.5. The summed E-state index contributed by atoms with van der Waals surface area (Å²) < 4.78 is 0.987. The van der Waals surface area contributed by atoms with Gasteiger partial charge in [-0.2, -0.15) is 0 Å². The van der Waals surface area contributed by atoms with Gasteiger partial charge in [0.2, 0.25) is 0 Å². The number of rotatable bonds is 3. The Balaban J connectivity index is 1.67. The summed E-state index contributed by atoms with van der Waals surface area (Å²) in [6.45, 7) is 4.31. The first kappa shape index (κ1) is 16.4. The standard InChI is InChI=1S/C18H17BrN4O/c1-11-12(2)22-17-9-15(6-7-16(17)21-11)23-18(24)20-10-13-4-3-5-14(19)8-13/h3-9H,10H2,1-2H3,(H2,20,23,24). The van der Waals surface area contributed by atoms with Crippen LogP contribution in [0.4, 0.5) is 10.5 Å². The molecule has 0 radical (unpaired) electrons. The van der Waals surface area contributed by atoms with E-state index in [1.807, 2.05) is 56.3 Å². The maximum atomic E-state index is 12.1. The number of hydrogen-bond acceptors (Lipinski definition) is 3. The molecular weight excluding hydrogens is 368 g/mol. The molecule has 0 spiro atoms. The van der Waals surface area contributed by atoms with Gasteiger partial charge in [0.05, 0.1) is 22.4 Å². The summed E-state index contributed by atoms with van der Waals surface area (Å²) in [5.74, 6) is 0. The predicted molar refractivity (Wildman–Crippen MR) is 99.0 cm³/mol. The van der Waals surface area contributed by atoms with E-state index in [2.05, 4.69) is 36.5 Å². The van der Waals surface area contributed by atoms with Crippen LogP contribution in [0.1, 0.15) is 17.0 Å². The summed E-state index contributed by atoms with van der Waals surface area (Å²) in [4.78, 5) is 21.0. The number of aromatic nitrogens is 2. The Bertz CT molecular complexity index is 911. The lowest BCUT2D eigenvalue weighted by Gasteiger charge is -2.09. The maximum Gasteiger partial charge on any atom is 0.319 e. The van der Waals surface area contributed by atoms with Crippen LogP contribution in [0.3, 0.4) is 0 Å². The van der Waals surface area contributed by atoms with Gasteiger partial charge in [0.25, 0.3) is 0 Å². The maximum absolute atomic E-state index is 12.1. The monoisotopic (exact) mass is 384 g/mol. The van der Waals surface area contributed by atoms with Crippen molar-refractivity contribution in [2.24, 2.45) is 0 Å². The first-order valence-corrected chi connectivity index (χ1v) is 8.35. The second-order valence-corrected chi connectivity index (χ2v) is 6.45. The van der Waals surface area contributed by atoms with E-state index < -0.39 is 0 Å². The van der Waals surface area contributed by atoms with Crippen LogP contribution < -0.4 is 10.6 Å². The van der Waals surface area contributed by atoms with Crippen molar-refractivity contribution >= 4 is 38.7 Å². The lowest BCUT2D eigenvalue weighted by Crippen LogP contribution is -2.28. The zero-order valence-electron chi connectivity index (χ0n) is 13.4. The van der Waals surface area contributed by atoms with Crippen LogP contribution in [-0.4, -0.2) is 16.0 Å².